The van der Waals surface area contributed by atoms with E-state index in [0.717, 1.165) is 4.57 Å². The van der Waals surface area contributed by atoms with Crippen LogP contribution in [0.15, 0.2) is 11.0 Å². The van der Waals surface area contributed by atoms with Gasteiger partial charge in [0.2, 0.25) is 0 Å². The lowest BCUT2D eigenvalue weighted by Gasteiger charge is -2.18. The average molecular weight is 352 g/mol. The van der Waals surface area contributed by atoms with Crippen molar-refractivity contribution in [3.05, 3.63) is 22.2 Å². The van der Waals surface area contributed by atoms with Gasteiger partial charge in [-0.3, -0.25) is 9.36 Å². The van der Waals surface area contributed by atoms with Gasteiger partial charge < -0.3 is 20.5 Å². The fourth-order valence-corrected chi connectivity index (χ4v) is 1.78. The zero-order valence-electron chi connectivity index (χ0n) is 13.2. The second kappa shape index (κ2) is 8.64. The summed E-state index contributed by atoms with van der Waals surface area (Å²) in [6, 6.07) is 0. The van der Waals surface area contributed by atoms with E-state index in [4.69, 9.17) is 15.2 Å². The Kier molecular flexibility index (Phi) is 7.17. The number of ether oxygens (including phenoxy) is 2. The van der Waals surface area contributed by atoms with Crippen LogP contribution in [-0.4, -0.2) is 41.1 Å². The molecule has 1 heterocycles. The molecule has 24 heavy (non-hydrogen) atoms. The quantitative estimate of drug-likeness (QED) is 0.656. The van der Waals surface area contributed by atoms with E-state index in [-0.39, 0.29) is 17.9 Å². The van der Waals surface area contributed by atoms with E-state index in [0.29, 0.717) is 13.2 Å². The van der Waals surface area contributed by atoms with E-state index >= 15 is 0 Å². The van der Waals surface area contributed by atoms with Crippen LogP contribution in [0, 0.1) is 0 Å². The maximum atomic E-state index is 12.2. The second-order valence-corrected chi connectivity index (χ2v) is 4.61. The minimum absolute atomic E-state index is 0.0198. The third-order valence-electron chi connectivity index (χ3n) is 2.85. The lowest BCUT2D eigenvalue weighted by atomic mass is 10.3. The first kappa shape index (κ1) is 19.9. The van der Waals surface area contributed by atoms with Crippen molar-refractivity contribution in [2.75, 3.05) is 18.9 Å². The summed E-state index contributed by atoms with van der Waals surface area (Å²) in [7, 11) is 0. The molecular weight excluding hydrogens is 333 g/mol. The number of halogens is 3. The van der Waals surface area contributed by atoms with E-state index in [1.165, 1.54) is 6.20 Å². The molecule has 136 valence electrons. The van der Waals surface area contributed by atoms with E-state index in [1.54, 1.807) is 19.2 Å². The average Bonchev–Trinajstić information content (AvgIpc) is 2.48. The number of anilines is 1. The predicted molar refractivity (Wildman–Crippen MR) is 77.9 cm³/mol. The van der Waals surface area contributed by atoms with Gasteiger partial charge in [0.25, 0.3) is 0 Å². The largest absolute Gasteiger partial charge is 0.471 e. The molecule has 0 unspecified atom stereocenters. The molecule has 0 aliphatic carbocycles. The lowest BCUT2D eigenvalue weighted by molar-refractivity contribution is -0.173. The van der Waals surface area contributed by atoms with Gasteiger partial charge in [0, 0.05) is 31.5 Å². The van der Waals surface area contributed by atoms with E-state index < -0.39 is 30.6 Å². The minimum Gasteiger partial charge on any atom is -0.383 e. The van der Waals surface area contributed by atoms with Crippen LogP contribution in [0.1, 0.15) is 19.4 Å². The molecule has 1 aromatic rings. The Morgan fingerprint density at radius 2 is 1.96 bits per heavy atom. The molecule has 0 aliphatic rings. The summed E-state index contributed by atoms with van der Waals surface area (Å²) in [5.74, 6) is -2.37. The molecule has 8 nitrogen and oxygen atoms in total. The monoisotopic (exact) mass is 352 g/mol. The molecule has 1 rings (SSSR count). The van der Waals surface area contributed by atoms with Crippen molar-refractivity contribution in [3.63, 3.8) is 0 Å². The van der Waals surface area contributed by atoms with Gasteiger partial charge in [-0.25, -0.2) is 4.79 Å². The van der Waals surface area contributed by atoms with E-state index in [2.05, 4.69) is 4.98 Å². The van der Waals surface area contributed by atoms with Crippen LogP contribution in [0.3, 0.4) is 0 Å². The summed E-state index contributed by atoms with van der Waals surface area (Å²) in [6.07, 6.45) is -4.52. The fraction of sp³-hybridized carbons (Fsp3) is 0.615. The van der Waals surface area contributed by atoms with Crippen LogP contribution in [-0.2, 0) is 27.4 Å². The van der Waals surface area contributed by atoms with Crippen molar-refractivity contribution in [1.29, 1.82) is 0 Å². The highest BCUT2D eigenvalue weighted by Gasteiger charge is 2.38. The number of alkyl halides is 3. The Hall–Kier alpha value is -2.14. The Balaban J connectivity index is 2.92. The topological polar surface area (TPSA) is 108 Å². The maximum absolute atomic E-state index is 12.2. The Bertz CT molecular complexity index is 612. The molecule has 0 atom stereocenters. The SMILES string of the molecule is CCOC(Cn1cc(CNC(=O)C(F)(F)F)c(N)nc1=O)OCC. The third kappa shape index (κ3) is 5.81. The Morgan fingerprint density at radius 1 is 1.38 bits per heavy atom. The molecule has 3 N–H and O–H groups in total. The number of carbonyl (C=O) groups excluding carboxylic acids is 1. The highest BCUT2D eigenvalue weighted by atomic mass is 19.4. The summed E-state index contributed by atoms with van der Waals surface area (Å²) < 4.78 is 48.3. The standard InChI is InChI=1S/C13H19F3N4O4/c1-3-23-9(24-4-2)7-20-6-8(10(17)19-12(20)22)5-18-11(21)13(14,15)16/h6,9H,3-5,7H2,1-2H3,(H,18,21)(H2,17,19,22). The predicted octanol–water partition coefficient (Wildman–Crippen LogP) is 0.403. The van der Waals surface area contributed by atoms with E-state index in [1.807, 2.05) is 0 Å². The van der Waals surface area contributed by atoms with Crippen LogP contribution >= 0.6 is 0 Å². The molecule has 11 heteroatoms. The highest BCUT2D eigenvalue weighted by molar-refractivity contribution is 5.81. The number of nitrogens with two attached hydrogens (primary N) is 1. The van der Waals surface area contributed by atoms with Gasteiger partial charge in [-0.1, -0.05) is 0 Å². The molecule has 0 spiro atoms. The van der Waals surface area contributed by atoms with Gasteiger partial charge in [0.1, 0.15) is 5.82 Å². The number of hydrogen-bond acceptors (Lipinski definition) is 6. The van der Waals surface area contributed by atoms with Crippen molar-refractivity contribution >= 4 is 11.7 Å². The number of aromatic nitrogens is 2. The molecule has 0 fully saturated rings. The molecule has 0 aromatic carbocycles. The number of nitrogens with zero attached hydrogens (tertiary/aromatic N) is 2. The second-order valence-electron chi connectivity index (χ2n) is 4.61. The van der Waals surface area contributed by atoms with Gasteiger partial charge in [0.15, 0.2) is 6.29 Å². The summed E-state index contributed by atoms with van der Waals surface area (Å²) in [6.45, 7) is 3.63. The summed E-state index contributed by atoms with van der Waals surface area (Å²) in [5.41, 5.74) is 4.88. The van der Waals surface area contributed by atoms with Gasteiger partial charge >= 0.3 is 17.8 Å². The molecule has 0 bridgehead atoms. The molecule has 1 aromatic heterocycles. The Morgan fingerprint density at radius 3 is 2.46 bits per heavy atom. The maximum Gasteiger partial charge on any atom is 0.471 e. The normalized spacial score (nSPS) is 11.8. The van der Waals surface area contributed by atoms with Gasteiger partial charge in [-0.2, -0.15) is 18.2 Å². The molecule has 0 aliphatic heterocycles. The molecular formula is C13H19F3N4O4. The zero-order valence-corrected chi connectivity index (χ0v) is 13.2. The fourth-order valence-electron chi connectivity index (χ4n) is 1.78. The lowest BCUT2D eigenvalue weighted by Crippen LogP contribution is -2.37. The molecule has 1 amide bonds. The number of amides is 1. The van der Waals surface area contributed by atoms with Gasteiger partial charge in [-0.05, 0) is 13.8 Å². The minimum atomic E-state index is -5.01. The van der Waals surface area contributed by atoms with Crippen molar-refractivity contribution in [3.8, 4) is 0 Å². The number of nitrogen functional groups attached to an aromatic ring is 1. The first-order chi connectivity index (χ1) is 11.2. The highest BCUT2D eigenvalue weighted by Crippen LogP contribution is 2.15. The van der Waals surface area contributed by atoms with Crippen LogP contribution in [0.25, 0.3) is 0 Å². The number of carbonyl (C=O) groups is 1. The zero-order chi connectivity index (χ0) is 18.3. The van der Waals surface area contributed by atoms with Crippen LogP contribution in [0.2, 0.25) is 0 Å². The molecule has 0 saturated carbocycles. The summed E-state index contributed by atoms with van der Waals surface area (Å²) in [4.78, 5) is 26.2. The van der Waals surface area contributed by atoms with Crippen molar-refractivity contribution in [2.24, 2.45) is 0 Å². The van der Waals surface area contributed by atoms with Crippen molar-refractivity contribution in [2.45, 2.75) is 39.4 Å². The number of nitrogens with one attached hydrogen (secondary N) is 1. The third-order valence-corrected chi connectivity index (χ3v) is 2.85. The summed E-state index contributed by atoms with van der Waals surface area (Å²) >= 11 is 0. The number of hydrogen-bond donors (Lipinski definition) is 2. The smallest absolute Gasteiger partial charge is 0.383 e. The Labute approximate surface area is 135 Å². The first-order valence-electron chi connectivity index (χ1n) is 7.13. The van der Waals surface area contributed by atoms with Gasteiger partial charge in [-0.15, -0.1) is 0 Å². The number of rotatable bonds is 8. The van der Waals surface area contributed by atoms with Gasteiger partial charge in [0.05, 0.1) is 6.54 Å². The van der Waals surface area contributed by atoms with Crippen LogP contribution in [0.4, 0.5) is 19.0 Å². The van der Waals surface area contributed by atoms with E-state index in [9.17, 15) is 22.8 Å². The first-order valence-corrected chi connectivity index (χ1v) is 7.13. The molecule has 0 saturated heterocycles. The van der Waals surface area contributed by atoms with Crippen LogP contribution < -0.4 is 16.7 Å². The molecule has 0 radical (unpaired) electrons. The van der Waals surface area contributed by atoms with Crippen molar-refractivity contribution in [1.82, 2.24) is 14.9 Å². The van der Waals surface area contributed by atoms with Crippen molar-refractivity contribution < 1.29 is 27.4 Å². The van der Waals surface area contributed by atoms with Crippen LogP contribution in [0.5, 0.6) is 0 Å². The summed E-state index contributed by atoms with van der Waals surface area (Å²) in [5, 5.41) is 1.67.